The van der Waals surface area contributed by atoms with Gasteiger partial charge in [0.25, 0.3) is 0 Å². The molecule has 0 spiro atoms. The van der Waals surface area contributed by atoms with Gasteiger partial charge in [-0.1, -0.05) is 48.4 Å². The fraction of sp³-hybridized carbons (Fsp3) is 0.368. The second-order valence-corrected chi connectivity index (χ2v) is 8.53. The van der Waals surface area contributed by atoms with Crippen LogP contribution in [-0.4, -0.2) is 33.0 Å². The Balaban J connectivity index is 1.77. The van der Waals surface area contributed by atoms with E-state index in [-0.39, 0.29) is 10.9 Å². The number of piperidine rings is 1. The fourth-order valence-electron chi connectivity index (χ4n) is 3.25. The van der Waals surface area contributed by atoms with E-state index in [0.717, 1.165) is 31.5 Å². The number of halogens is 1. The van der Waals surface area contributed by atoms with Gasteiger partial charge in [-0.05, 0) is 55.8 Å². The van der Waals surface area contributed by atoms with E-state index in [9.17, 15) is 8.42 Å². The highest BCUT2D eigenvalue weighted by Crippen LogP contribution is 2.24. The van der Waals surface area contributed by atoms with Gasteiger partial charge < -0.3 is 0 Å². The van der Waals surface area contributed by atoms with Crippen molar-refractivity contribution in [3.63, 3.8) is 0 Å². The summed E-state index contributed by atoms with van der Waals surface area (Å²) in [5.41, 5.74) is 1.14. The van der Waals surface area contributed by atoms with Crippen molar-refractivity contribution in [1.82, 2.24) is 9.62 Å². The molecule has 0 amide bonds. The first-order valence-electron chi connectivity index (χ1n) is 8.60. The van der Waals surface area contributed by atoms with Gasteiger partial charge in [-0.2, -0.15) is 0 Å². The molecule has 1 aliphatic heterocycles. The molecule has 0 radical (unpaired) electrons. The number of benzene rings is 2. The first-order valence-corrected chi connectivity index (χ1v) is 10.5. The molecule has 25 heavy (non-hydrogen) atoms. The predicted octanol–water partition coefficient (Wildman–Crippen LogP) is 3.85. The van der Waals surface area contributed by atoms with Gasteiger partial charge in [0.05, 0.1) is 4.90 Å². The normalized spacial score (nSPS) is 17.3. The SMILES string of the molecule is O=S(=O)(NC[C@H](c1ccccc1)N1CCCCC1)c1ccc(Cl)cc1. The molecule has 0 unspecified atom stereocenters. The van der Waals surface area contributed by atoms with Crippen LogP contribution in [-0.2, 0) is 10.0 Å². The second-order valence-electron chi connectivity index (χ2n) is 6.33. The molecule has 3 rings (SSSR count). The molecule has 1 saturated heterocycles. The monoisotopic (exact) mass is 378 g/mol. The summed E-state index contributed by atoms with van der Waals surface area (Å²) in [6.45, 7) is 2.36. The lowest BCUT2D eigenvalue weighted by molar-refractivity contribution is 0.164. The zero-order valence-corrected chi connectivity index (χ0v) is 15.6. The Bertz CT molecular complexity index is 773. The van der Waals surface area contributed by atoms with Crippen LogP contribution in [0.5, 0.6) is 0 Å². The lowest BCUT2D eigenvalue weighted by Crippen LogP contribution is -2.40. The van der Waals surface area contributed by atoms with Crippen molar-refractivity contribution >= 4 is 21.6 Å². The Morgan fingerprint density at radius 2 is 1.60 bits per heavy atom. The third kappa shape index (κ3) is 4.82. The molecule has 0 bridgehead atoms. The van der Waals surface area contributed by atoms with E-state index in [1.54, 1.807) is 12.1 Å². The Morgan fingerprint density at radius 3 is 2.24 bits per heavy atom. The van der Waals surface area contributed by atoms with Crippen LogP contribution < -0.4 is 4.72 Å². The minimum absolute atomic E-state index is 0.0450. The molecule has 0 saturated carbocycles. The average molecular weight is 379 g/mol. The Kier molecular flexibility index (Phi) is 6.12. The number of nitrogens with zero attached hydrogens (tertiary/aromatic N) is 1. The van der Waals surface area contributed by atoms with Gasteiger partial charge >= 0.3 is 0 Å². The predicted molar refractivity (Wildman–Crippen MR) is 101 cm³/mol. The lowest BCUT2D eigenvalue weighted by atomic mass is 10.0. The second kappa shape index (κ2) is 8.32. The van der Waals surface area contributed by atoms with Crippen molar-refractivity contribution in [2.45, 2.75) is 30.2 Å². The van der Waals surface area contributed by atoms with Crippen LogP contribution in [0.1, 0.15) is 30.9 Å². The molecule has 1 heterocycles. The van der Waals surface area contributed by atoms with Gasteiger partial charge in [0.1, 0.15) is 0 Å². The molecule has 1 atom stereocenters. The van der Waals surface area contributed by atoms with Crippen molar-refractivity contribution < 1.29 is 8.42 Å². The first kappa shape index (κ1) is 18.4. The molecule has 2 aromatic rings. The summed E-state index contributed by atoms with van der Waals surface area (Å²) in [6.07, 6.45) is 3.56. The molecule has 1 fully saturated rings. The number of hydrogen-bond acceptors (Lipinski definition) is 3. The van der Waals surface area contributed by atoms with Gasteiger partial charge in [0.15, 0.2) is 0 Å². The summed E-state index contributed by atoms with van der Waals surface area (Å²) in [7, 11) is -3.55. The zero-order valence-electron chi connectivity index (χ0n) is 14.1. The zero-order chi connectivity index (χ0) is 17.7. The van der Waals surface area contributed by atoms with E-state index >= 15 is 0 Å². The standard InChI is InChI=1S/C19H23ClN2O2S/c20-17-9-11-18(12-10-17)25(23,24)21-15-19(16-7-3-1-4-8-16)22-13-5-2-6-14-22/h1,3-4,7-12,19,21H,2,5-6,13-15H2/t19-/m1/s1. The van der Waals surface area contributed by atoms with Gasteiger partial charge in [-0.25, -0.2) is 13.1 Å². The Hall–Kier alpha value is -1.40. The summed E-state index contributed by atoms with van der Waals surface area (Å²) in [5, 5.41) is 0.523. The van der Waals surface area contributed by atoms with Crippen LogP contribution >= 0.6 is 11.6 Å². The molecule has 134 valence electrons. The van der Waals surface area contributed by atoms with Crippen molar-refractivity contribution in [2.24, 2.45) is 0 Å². The largest absolute Gasteiger partial charge is 0.295 e. The summed E-state index contributed by atoms with van der Waals surface area (Å²) in [4.78, 5) is 2.62. The molecular formula is C19H23ClN2O2S. The molecule has 1 aliphatic rings. The van der Waals surface area contributed by atoms with E-state index in [1.807, 2.05) is 18.2 Å². The minimum atomic E-state index is -3.55. The van der Waals surface area contributed by atoms with Crippen LogP contribution in [0.25, 0.3) is 0 Å². The van der Waals surface area contributed by atoms with E-state index in [2.05, 4.69) is 21.8 Å². The number of rotatable bonds is 6. The van der Waals surface area contributed by atoms with E-state index in [1.165, 1.54) is 18.6 Å². The third-order valence-corrected chi connectivity index (χ3v) is 6.30. The molecule has 1 N–H and O–H groups in total. The van der Waals surface area contributed by atoms with Crippen molar-refractivity contribution in [3.05, 3.63) is 65.2 Å². The van der Waals surface area contributed by atoms with Crippen LogP contribution in [0, 0.1) is 0 Å². The highest BCUT2D eigenvalue weighted by Gasteiger charge is 2.24. The van der Waals surface area contributed by atoms with Crippen LogP contribution in [0.15, 0.2) is 59.5 Å². The molecule has 6 heteroatoms. The van der Waals surface area contributed by atoms with Crippen LogP contribution in [0.3, 0.4) is 0 Å². The molecule has 2 aromatic carbocycles. The number of hydrogen-bond donors (Lipinski definition) is 1. The Labute approximate surface area is 154 Å². The quantitative estimate of drug-likeness (QED) is 0.830. The molecule has 0 aromatic heterocycles. The molecule has 4 nitrogen and oxygen atoms in total. The maximum Gasteiger partial charge on any atom is 0.240 e. The molecule has 0 aliphatic carbocycles. The van der Waals surface area contributed by atoms with E-state index in [0.29, 0.717) is 11.6 Å². The lowest BCUT2D eigenvalue weighted by Gasteiger charge is -2.35. The summed E-state index contributed by atoms with van der Waals surface area (Å²) in [5.74, 6) is 0. The van der Waals surface area contributed by atoms with Gasteiger partial charge in [-0.3, -0.25) is 4.90 Å². The third-order valence-electron chi connectivity index (χ3n) is 4.61. The minimum Gasteiger partial charge on any atom is -0.295 e. The number of sulfonamides is 1. The van der Waals surface area contributed by atoms with Gasteiger partial charge in [0, 0.05) is 17.6 Å². The number of nitrogens with one attached hydrogen (secondary N) is 1. The summed E-state index contributed by atoms with van der Waals surface area (Å²) < 4.78 is 28.0. The smallest absolute Gasteiger partial charge is 0.240 e. The van der Waals surface area contributed by atoms with Crippen molar-refractivity contribution in [2.75, 3.05) is 19.6 Å². The van der Waals surface area contributed by atoms with Crippen molar-refractivity contribution in [3.8, 4) is 0 Å². The maximum atomic E-state index is 12.6. The molecular weight excluding hydrogens is 356 g/mol. The number of likely N-dealkylation sites (tertiary alicyclic amines) is 1. The highest BCUT2D eigenvalue weighted by molar-refractivity contribution is 7.89. The highest BCUT2D eigenvalue weighted by atomic mass is 35.5. The average Bonchev–Trinajstić information content (AvgIpc) is 2.64. The fourth-order valence-corrected chi connectivity index (χ4v) is 4.41. The van der Waals surface area contributed by atoms with Crippen LogP contribution in [0.4, 0.5) is 0 Å². The Morgan fingerprint density at radius 1 is 0.960 bits per heavy atom. The topological polar surface area (TPSA) is 49.4 Å². The van der Waals surface area contributed by atoms with Gasteiger partial charge in [-0.15, -0.1) is 0 Å². The summed E-state index contributed by atoms with van der Waals surface area (Å²) >= 11 is 5.85. The van der Waals surface area contributed by atoms with E-state index in [4.69, 9.17) is 11.6 Å². The van der Waals surface area contributed by atoms with Crippen molar-refractivity contribution in [1.29, 1.82) is 0 Å². The summed E-state index contributed by atoms with van der Waals surface area (Å²) in [6, 6.07) is 16.4. The first-order chi connectivity index (χ1) is 12.1. The van der Waals surface area contributed by atoms with Crippen LogP contribution in [0.2, 0.25) is 5.02 Å². The maximum absolute atomic E-state index is 12.6. The van der Waals surface area contributed by atoms with Gasteiger partial charge in [0.2, 0.25) is 10.0 Å². The van der Waals surface area contributed by atoms with E-state index < -0.39 is 10.0 Å².